The van der Waals surface area contributed by atoms with Crippen molar-refractivity contribution in [1.82, 2.24) is 5.32 Å². The highest BCUT2D eigenvalue weighted by molar-refractivity contribution is 5.00. The maximum absolute atomic E-state index is 9.18. The molecule has 2 unspecified atom stereocenters. The van der Waals surface area contributed by atoms with Crippen molar-refractivity contribution in [1.29, 1.82) is 0 Å². The van der Waals surface area contributed by atoms with Crippen LogP contribution in [0.1, 0.15) is 13.3 Å². The topological polar surface area (TPSA) is 32.3 Å². The summed E-state index contributed by atoms with van der Waals surface area (Å²) in [5, 5.41) is 12.2. The van der Waals surface area contributed by atoms with E-state index >= 15 is 0 Å². The highest BCUT2D eigenvalue weighted by atomic mass is 16.3. The fourth-order valence-electron chi connectivity index (χ4n) is 0.978. The van der Waals surface area contributed by atoms with E-state index in [0.717, 1.165) is 13.0 Å². The van der Waals surface area contributed by atoms with Crippen molar-refractivity contribution in [2.24, 2.45) is 5.92 Å². The van der Waals surface area contributed by atoms with Crippen LogP contribution in [-0.2, 0) is 0 Å². The van der Waals surface area contributed by atoms with E-state index in [2.05, 4.69) is 5.32 Å². The summed E-state index contributed by atoms with van der Waals surface area (Å²) in [5.74, 6) is 0.507. The average Bonchev–Trinajstić information content (AvgIpc) is 2.15. The van der Waals surface area contributed by atoms with Crippen molar-refractivity contribution in [3.8, 4) is 0 Å². The molecule has 0 aromatic rings. The van der Waals surface area contributed by atoms with Crippen LogP contribution >= 0.6 is 0 Å². The van der Waals surface area contributed by atoms with Crippen LogP contribution in [0.4, 0.5) is 0 Å². The summed E-state index contributed by atoms with van der Waals surface area (Å²) in [6.45, 7) is 2.84. The summed E-state index contributed by atoms with van der Waals surface area (Å²) < 4.78 is 0. The van der Waals surface area contributed by atoms with E-state index in [-0.39, 0.29) is 5.60 Å². The largest absolute Gasteiger partial charge is 0.390 e. The predicted octanol–water partition coefficient (Wildman–Crippen LogP) is -0.0233. The monoisotopic (exact) mass is 115 g/mol. The summed E-state index contributed by atoms with van der Waals surface area (Å²) in [6, 6.07) is 0. The van der Waals surface area contributed by atoms with Gasteiger partial charge in [0.15, 0.2) is 0 Å². The quantitative estimate of drug-likeness (QED) is 0.530. The van der Waals surface area contributed by atoms with Crippen molar-refractivity contribution >= 4 is 0 Å². The van der Waals surface area contributed by atoms with Gasteiger partial charge in [0, 0.05) is 12.5 Å². The van der Waals surface area contributed by atoms with Gasteiger partial charge in [-0.1, -0.05) is 0 Å². The lowest BCUT2D eigenvalue weighted by Crippen LogP contribution is -2.15. The van der Waals surface area contributed by atoms with Crippen LogP contribution in [0.15, 0.2) is 0 Å². The highest BCUT2D eigenvalue weighted by Gasteiger charge is 2.47. The minimum Gasteiger partial charge on any atom is -0.390 e. The van der Waals surface area contributed by atoms with E-state index in [1.54, 1.807) is 0 Å². The van der Waals surface area contributed by atoms with E-state index in [4.69, 9.17) is 0 Å². The van der Waals surface area contributed by atoms with Crippen LogP contribution in [0, 0.1) is 5.92 Å². The zero-order valence-corrected chi connectivity index (χ0v) is 5.44. The van der Waals surface area contributed by atoms with Gasteiger partial charge in [-0.2, -0.15) is 0 Å². The summed E-state index contributed by atoms with van der Waals surface area (Å²) in [4.78, 5) is 0. The lowest BCUT2D eigenvalue weighted by molar-refractivity contribution is 0.152. The van der Waals surface area contributed by atoms with Gasteiger partial charge >= 0.3 is 0 Å². The first-order valence-electron chi connectivity index (χ1n) is 3.04. The van der Waals surface area contributed by atoms with Gasteiger partial charge in [0.2, 0.25) is 0 Å². The first-order chi connectivity index (χ1) is 3.67. The molecule has 1 saturated carbocycles. The minimum atomic E-state index is -0.344. The smallest absolute Gasteiger partial charge is 0.0665 e. The van der Waals surface area contributed by atoms with Gasteiger partial charge in [0.1, 0.15) is 0 Å². The number of hydrogen-bond acceptors (Lipinski definition) is 2. The van der Waals surface area contributed by atoms with Gasteiger partial charge in [0.05, 0.1) is 5.60 Å². The molecule has 0 spiro atoms. The Kier molecular flexibility index (Phi) is 1.29. The molecule has 1 rings (SSSR count). The molecule has 48 valence electrons. The Hall–Kier alpha value is -0.0800. The molecule has 1 aliphatic carbocycles. The first kappa shape index (κ1) is 6.05. The Balaban J connectivity index is 2.17. The van der Waals surface area contributed by atoms with Crippen LogP contribution < -0.4 is 5.32 Å². The molecule has 8 heavy (non-hydrogen) atoms. The number of aliphatic hydroxyl groups is 1. The Labute approximate surface area is 49.9 Å². The molecular formula is C6H13NO. The fourth-order valence-corrected chi connectivity index (χ4v) is 0.978. The predicted molar refractivity (Wildman–Crippen MR) is 32.7 cm³/mol. The Morgan fingerprint density at radius 3 is 2.50 bits per heavy atom. The lowest BCUT2D eigenvalue weighted by Gasteiger charge is -1.99. The van der Waals surface area contributed by atoms with Crippen molar-refractivity contribution < 1.29 is 5.11 Å². The molecule has 0 aromatic carbocycles. The second-order valence-corrected chi connectivity index (χ2v) is 2.82. The molecule has 1 aliphatic rings. The van der Waals surface area contributed by atoms with Gasteiger partial charge in [-0.25, -0.2) is 0 Å². The Morgan fingerprint density at radius 2 is 2.38 bits per heavy atom. The molecule has 2 N–H and O–H groups in total. The fraction of sp³-hybridized carbons (Fsp3) is 1.00. The summed E-state index contributed by atoms with van der Waals surface area (Å²) in [7, 11) is 1.91. The molecule has 0 bridgehead atoms. The van der Waals surface area contributed by atoms with E-state index in [9.17, 15) is 5.11 Å². The van der Waals surface area contributed by atoms with Gasteiger partial charge in [-0.05, 0) is 20.4 Å². The molecule has 0 saturated heterocycles. The lowest BCUT2D eigenvalue weighted by atomic mass is 10.3. The third-order valence-corrected chi connectivity index (χ3v) is 1.83. The SMILES string of the molecule is CNCC1CC1(C)O. The molecule has 0 amide bonds. The van der Waals surface area contributed by atoms with Gasteiger partial charge < -0.3 is 10.4 Å². The molecule has 2 nitrogen and oxygen atoms in total. The first-order valence-corrected chi connectivity index (χ1v) is 3.04. The molecule has 0 radical (unpaired) electrons. The van der Waals surface area contributed by atoms with Crippen molar-refractivity contribution in [3.63, 3.8) is 0 Å². The molecule has 2 atom stereocenters. The standard InChI is InChI=1S/C6H13NO/c1-6(8)3-5(6)4-7-2/h5,7-8H,3-4H2,1-2H3. The van der Waals surface area contributed by atoms with Gasteiger partial charge in [-0.3, -0.25) is 0 Å². The van der Waals surface area contributed by atoms with E-state index in [1.807, 2.05) is 14.0 Å². The van der Waals surface area contributed by atoms with E-state index in [1.165, 1.54) is 0 Å². The zero-order valence-electron chi connectivity index (χ0n) is 5.44. The normalized spacial score (nSPS) is 44.6. The number of nitrogens with one attached hydrogen (secondary N) is 1. The summed E-state index contributed by atoms with van der Waals surface area (Å²) in [6.07, 6.45) is 0.966. The third kappa shape index (κ3) is 1.01. The molecule has 0 heterocycles. The van der Waals surface area contributed by atoms with Crippen molar-refractivity contribution in [3.05, 3.63) is 0 Å². The zero-order chi connectivity index (χ0) is 6.20. The number of rotatable bonds is 2. The van der Waals surface area contributed by atoms with Gasteiger partial charge in [-0.15, -0.1) is 0 Å². The van der Waals surface area contributed by atoms with E-state index < -0.39 is 0 Å². The molecule has 0 aliphatic heterocycles. The third-order valence-electron chi connectivity index (χ3n) is 1.83. The van der Waals surface area contributed by atoms with Crippen LogP contribution in [0.5, 0.6) is 0 Å². The second kappa shape index (κ2) is 1.71. The highest BCUT2D eigenvalue weighted by Crippen LogP contribution is 2.41. The molecule has 1 fully saturated rings. The summed E-state index contributed by atoms with van der Waals surface area (Å²) >= 11 is 0. The van der Waals surface area contributed by atoms with Gasteiger partial charge in [0.25, 0.3) is 0 Å². The maximum atomic E-state index is 9.18. The van der Waals surface area contributed by atoms with E-state index in [0.29, 0.717) is 5.92 Å². The van der Waals surface area contributed by atoms with Crippen LogP contribution in [0.2, 0.25) is 0 Å². The van der Waals surface area contributed by atoms with Crippen LogP contribution in [0.3, 0.4) is 0 Å². The maximum Gasteiger partial charge on any atom is 0.0665 e. The van der Waals surface area contributed by atoms with Crippen LogP contribution in [0.25, 0.3) is 0 Å². The van der Waals surface area contributed by atoms with Crippen LogP contribution in [-0.4, -0.2) is 24.3 Å². The molecule has 2 heteroatoms. The van der Waals surface area contributed by atoms with Crippen molar-refractivity contribution in [2.45, 2.75) is 18.9 Å². The average molecular weight is 115 g/mol. The summed E-state index contributed by atoms with van der Waals surface area (Å²) in [5.41, 5.74) is -0.344. The van der Waals surface area contributed by atoms with Crippen molar-refractivity contribution in [2.75, 3.05) is 13.6 Å². The minimum absolute atomic E-state index is 0.344. The molecule has 0 aromatic heterocycles. The Morgan fingerprint density at radius 1 is 1.88 bits per heavy atom. The second-order valence-electron chi connectivity index (χ2n) is 2.82. The Bertz CT molecular complexity index is 90.5. The number of hydrogen-bond donors (Lipinski definition) is 2. The molecular weight excluding hydrogens is 102 g/mol.